The molecule has 1 aromatic carbocycles. The maximum atomic E-state index is 13.1. The Bertz CT molecular complexity index is 1300. The lowest BCUT2D eigenvalue weighted by atomic mass is 10.2. The smallest absolute Gasteiger partial charge is 0.349 e. The molecule has 0 saturated carbocycles. The van der Waals surface area contributed by atoms with E-state index in [-0.39, 0.29) is 10.4 Å². The number of benzene rings is 1. The van der Waals surface area contributed by atoms with Crippen LogP contribution in [0.1, 0.15) is 47.2 Å². The summed E-state index contributed by atoms with van der Waals surface area (Å²) in [6.07, 6.45) is 2.64. The predicted octanol–water partition coefficient (Wildman–Crippen LogP) is 4.34. The molecule has 1 atom stereocenters. The maximum absolute atomic E-state index is 13.1. The molecule has 0 radical (unpaired) electrons. The number of halogens is 1. The Morgan fingerprint density at radius 2 is 2.06 bits per heavy atom. The van der Waals surface area contributed by atoms with E-state index in [1.807, 2.05) is 0 Å². The van der Waals surface area contributed by atoms with Crippen LogP contribution in [-0.2, 0) is 22.5 Å². The minimum Gasteiger partial charge on any atom is -0.495 e. The van der Waals surface area contributed by atoms with Crippen LogP contribution in [0.25, 0.3) is 10.2 Å². The summed E-state index contributed by atoms with van der Waals surface area (Å²) in [5, 5.41) is 3.53. The topological polar surface area (TPSA) is 99.5 Å². The highest BCUT2D eigenvalue weighted by molar-refractivity contribution is 7.20. The van der Waals surface area contributed by atoms with Crippen LogP contribution in [0.5, 0.6) is 5.75 Å². The number of fused-ring (bicyclic) bond motifs is 2. The number of aromatic nitrogens is 2. The van der Waals surface area contributed by atoms with Crippen LogP contribution in [0.4, 0.5) is 5.69 Å². The van der Waals surface area contributed by atoms with Crippen molar-refractivity contribution in [3.05, 3.63) is 49.8 Å². The van der Waals surface area contributed by atoms with Crippen LogP contribution in [-0.4, -0.2) is 34.6 Å². The molecule has 10 heteroatoms. The first kappa shape index (κ1) is 23.3. The number of aryl methyl sites for hydroxylation is 2. The molecule has 33 heavy (non-hydrogen) atoms. The Hall–Kier alpha value is -2.91. The second kappa shape index (κ2) is 9.52. The summed E-state index contributed by atoms with van der Waals surface area (Å²) in [5.74, 6) is -0.0179. The average Bonchev–Trinajstić information content (AvgIpc) is 2.94. The number of hydrogen-bond donors (Lipinski definition) is 1. The van der Waals surface area contributed by atoms with E-state index < -0.39 is 18.0 Å². The molecule has 1 unspecified atom stereocenters. The number of nitrogens with zero attached hydrogens (tertiary/aromatic N) is 2. The molecule has 8 nitrogen and oxygen atoms in total. The van der Waals surface area contributed by atoms with Crippen LogP contribution >= 0.6 is 22.9 Å². The number of anilines is 1. The fraction of sp³-hybridized carbons (Fsp3) is 0.391. The summed E-state index contributed by atoms with van der Waals surface area (Å²) < 4.78 is 12.4. The number of carbonyl (C=O) groups excluding carboxylic acids is 2. The molecular weight excluding hydrogens is 466 g/mol. The van der Waals surface area contributed by atoms with E-state index in [0.717, 1.165) is 42.8 Å². The van der Waals surface area contributed by atoms with Crippen molar-refractivity contribution < 1.29 is 19.1 Å². The molecule has 1 N–H and O–H groups in total. The Morgan fingerprint density at radius 3 is 2.82 bits per heavy atom. The number of hydrogen-bond acceptors (Lipinski definition) is 7. The SMILES string of the molecule is COc1ccc(Cl)cc1NC(=O)C(C)OC(=O)c1sc2nc3n(c(=O)c2c1C)CCCCC3. The molecule has 0 spiro atoms. The Kier molecular flexibility index (Phi) is 6.71. The molecule has 174 valence electrons. The molecular formula is C23H24ClN3O5S. The lowest BCUT2D eigenvalue weighted by molar-refractivity contribution is -0.123. The number of amides is 1. The van der Waals surface area contributed by atoms with Crippen molar-refractivity contribution in [2.24, 2.45) is 0 Å². The summed E-state index contributed by atoms with van der Waals surface area (Å²) in [6.45, 7) is 3.82. The van der Waals surface area contributed by atoms with E-state index in [4.69, 9.17) is 21.1 Å². The first-order chi connectivity index (χ1) is 15.8. The van der Waals surface area contributed by atoms with Gasteiger partial charge in [0.1, 0.15) is 21.3 Å². The van der Waals surface area contributed by atoms with Gasteiger partial charge in [0.2, 0.25) is 0 Å². The first-order valence-electron chi connectivity index (χ1n) is 10.7. The first-order valence-corrected chi connectivity index (χ1v) is 11.9. The van der Waals surface area contributed by atoms with Crippen LogP contribution in [0.2, 0.25) is 5.02 Å². The lowest BCUT2D eigenvalue weighted by Crippen LogP contribution is -2.30. The second-order valence-corrected chi connectivity index (χ2v) is 9.35. The van der Waals surface area contributed by atoms with Gasteiger partial charge in [0, 0.05) is 18.0 Å². The maximum Gasteiger partial charge on any atom is 0.349 e. The van der Waals surface area contributed by atoms with Crippen molar-refractivity contribution in [2.75, 3.05) is 12.4 Å². The van der Waals surface area contributed by atoms with Crippen molar-refractivity contribution in [3.63, 3.8) is 0 Å². The summed E-state index contributed by atoms with van der Waals surface area (Å²) in [5.41, 5.74) is 0.777. The molecule has 0 bridgehead atoms. The molecule has 0 saturated heterocycles. The predicted molar refractivity (Wildman–Crippen MR) is 128 cm³/mol. The molecule has 1 amide bonds. The van der Waals surface area contributed by atoms with Gasteiger partial charge in [-0.3, -0.25) is 14.2 Å². The molecule has 4 rings (SSSR count). The standard InChI is InChI=1S/C23H24ClN3O5S/c1-12-18-21(26-17-7-5-4-6-10-27(17)22(18)29)33-19(12)23(30)32-13(2)20(28)25-15-11-14(24)8-9-16(15)31-3/h8-9,11,13H,4-7,10H2,1-3H3,(H,25,28). The van der Waals surface area contributed by atoms with Gasteiger partial charge in [-0.05, 0) is 50.5 Å². The second-order valence-electron chi connectivity index (χ2n) is 7.91. The average molecular weight is 490 g/mol. The zero-order valence-electron chi connectivity index (χ0n) is 18.6. The van der Waals surface area contributed by atoms with Gasteiger partial charge in [-0.2, -0.15) is 0 Å². The third-order valence-electron chi connectivity index (χ3n) is 5.67. The Labute approximate surface area is 199 Å². The van der Waals surface area contributed by atoms with Gasteiger partial charge in [0.05, 0.1) is 18.2 Å². The summed E-state index contributed by atoms with van der Waals surface area (Å²) in [4.78, 5) is 44.1. The third-order valence-corrected chi connectivity index (χ3v) is 7.07. The number of ether oxygens (including phenoxy) is 2. The molecule has 0 aliphatic carbocycles. The number of nitrogens with one attached hydrogen (secondary N) is 1. The molecule has 1 aliphatic rings. The summed E-state index contributed by atoms with van der Waals surface area (Å²) >= 11 is 7.13. The highest BCUT2D eigenvalue weighted by Gasteiger charge is 2.26. The molecule has 0 fully saturated rings. The molecule has 2 aromatic heterocycles. The van der Waals surface area contributed by atoms with Crippen molar-refractivity contribution in [1.82, 2.24) is 9.55 Å². The van der Waals surface area contributed by atoms with E-state index >= 15 is 0 Å². The molecule has 1 aliphatic heterocycles. The fourth-order valence-corrected chi connectivity index (χ4v) is 5.13. The van der Waals surface area contributed by atoms with Crippen molar-refractivity contribution in [1.29, 1.82) is 0 Å². The van der Waals surface area contributed by atoms with Crippen LogP contribution in [0.3, 0.4) is 0 Å². The third kappa shape index (κ3) is 4.60. The van der Waals surface area contributed by atoms with Gasteiger partial charge < -0.3 is 14.8 Å². The monoisotopic (exact) mass is 489 g/mol. The van der Waals surface area contributed by atoms with E-state index in [0.29, 0.717) is 38.8 Å². The highest BCUT2D eigenvalue weighted by atomic mass is 35.5. The van der Waals surface area contributed by atoms with Gasteiger partial charge >= 0.3 is 5.97 Å². The van der Waals surface area contributed by atoms with Gasteiger partial charge in [0.15, 0.2) is 6.10 Å². The molecule has 3 heterocycles. The number of esters is 1. The number of thiophene rings is 1. The van der Waals surface area contributed by atoms with Crippen LogP contribution in [0.15, 0.2) is 23.0 Å². The zero-order valence-corrected chi connectivity index (χ0v) is 20.1. The van der Waals surface area contributed by atoms with Crippen molar-refractivity contribution in [3.8, 4) is 5.75 Å². The van der Waals surface area contributed by atoms with Crippen LogP contribution in [0, 0.1) is 6.92 Å². The zero-order chi connectivity index (χ0) is 23.7. The number of rotatable bonds is 5. The quantitative estimate of drug-likeness (QED) is 0.535. The van der Waals surface area contributed by atoms with E-state index in [1.165, 1.54) is 14.0 Å². The van der Waals surface area contributed by atoms with Crippen molar-refractivity contribution >= 4 is 50.7 Å². The molecule has 3 aromatic rings. The number of methoxy groups -OCH3 is 1. The largest absolute Gasteiger partial charge is 0.495 e. The van der Waals surface area contributed by atoms with Crippen molar-refractivity contribution in [2.45, 2.75) is 52.2 Å². The Balaban J connectivity index is 1.56. The van der Waals surface area contributed by atoms with Gasteiger partial charge in [-0.1, -0.05) is 18.0 Å². The van der Waals surface area contributed by atoms with E-state index in [1.54, 1.807) is 29.7 Å². The van der Waals surface area contributed by atoms with E-state index in [9.17, 15) is 14.4 Å². The highest BCUT2D eigenvalue weighted by Crippen LogP contribution is 2.30. The summed E-state index contributed by atoms with van der Waals surface area (Å²) in [7, 11) is 1.47. The minimum absolute atomic E-state index is 0.122. The van der Waals surface area contributed by atoms with E-state index in [2.05, 4.69) is 10.3 Å². The van der Waals surface area contributed by atoms with Gasteiger partial charge in [-0.25, -0.2) is 9.78 Å². The Morgan fingerprint density at radius 1 is 1.27 bits per heavy atom. The van der Waals surface area contributed by atoms with Gasteiger partial charge in [0.25, 0.3) is 11.5 Å². The lowest BCUT2D eigenvalue weighted by Gasteiger charge is -2.15. The fourth-order valence-electron chi connectivity index (χ4n) is 3.88. The minimum atomic E-state index is -1.09. The van der Waals surface area contributed by atoms with Gasteiger partial charge in [-0.15, -0.1) is 11.3 Å². The normalized spacial score (nSPS) is 14.3. The van der Waals surface area contributed by atoms with Crippen LogP contribution < -0.4 is 15.6 Å². The summed E-state index contributed by atoms with van der Waals surface area (Å²) in [6, 6.07) is 4.81. The number of carbonyl (C=O) groups is 2.